The van der Waals surface area contributed by atoms with E-state index in [2.05, 4.69) is 0 Å². The molecule has 1 saturated carbocycles. The Morgan fingerprint density at radius 2 is 1.87 bits per heavy atom. The minimum Gasteiger partial charge on any atom is -0.468 e. The van der Waals surface area contributed by atoms with E-state index in [0.29, 0.717) is 19.3 Å². The molecule has 0 aromatic heterocycles. The second-order valence-electron chi connectivity index (χ2n) is 3.94. The highest BCUT2D eigenvalue weighted by Gasteiger charge is 2.44. The summed E-state index contributed by atoms with van der Waals surface area (Å²) >= 11 is 0. The summed E-state index contributed by atoms with van der Waals surface area (Å²) in [5, 5.41) is 0. The lowest BCUT2D eigenvalue weighted by Gasteiger charge is -2.39. The summed E-state index contributed by atoms with van der Waals surface area (Å²) in [6.45, 7) is 0. The van der Waals surface area contributed by atoms with Gasteiger partial charge in [-0.15, -0.1) is 0 Å². The van der Waals surface area contributed by atoms with Crippen molar-refractivity contribution in [3.05, 3.63) is 0 Å². The molecule has 0 saturated heterocycles. The van der Waals surface area contributed by atoms with E-state index in [9.17, 15) is 4.79 Å². The van der Waals surface area contributed by atoms with Gasteiger partial charge < -0.3 is 19.9 Å². The molecule has 0 spiro atoms. The van der Waals surface area contributed by atoms with Crippen LogP contribution in [0, 0.1) is 0 Å². The van der Waals surface area contributed by atoms with Crippen molar-refractivity contribution < 1.29 is 19.0 Å². The Bertz CT molecular complexity index is 233. The first-order valence-corrected chi connectivity index (χ1v) is 5.00. The average Bonchev–Trinajstić information content (AvgIpc) is 2.27. The second-order valence-corrected chi connectivity index (χ2v) is 3.94. The van der Waals surface area contributed by atoms with E-state index in [0.717, 1.165) is 0 Å². The zero-order chi connectivity index (χ0) is 11.5. The summed E-state index contributed by atoms with van der Waals surface area (Å²) in [7, 11) is 4.58. The molecule has 5 nitrogen and oxygen atoms in total. The third kappa shape index (κ3) is 2.48. The fraction of sp³-hybridized carbons (Fsp3) is 0.900. The van der Waals surface area contributed by atoms with E-state index < -0.39 is 5.54 Å². The van der Waals surface area contributed by atoms with Gasteiger partial charge in [-0.3, -0.25) is 4.79 Å². The zero-order valence-corrected chi connectivity index (χ0v) is 9.49. The fourth-order valence-corrected chi connectivity index (χ4v) is 2.07. The summed E-state index contributed by atoms with van der Waals surface area (Å²) < 4.78 is 15.2. The van der Waals surface area contributed by atoms with Gasteiger partial charge in [-0.25, -0.2) is 0 Å². The number of carbonyl (C=O) groups is 1. The van der Waals surface area contributed by atoms with Crippen LogP contribution in [-0.4, -0.2) is 45.0 Å². The second kappa shape index (κ2) is 4.92. The molecule has 0 amide bonds. The van der Waals surface area contributed by atoms with Gasteiger partial charge >= 0.3 is 5.97 Å². The molecule has 0 heterocycles. The highest BCUT2D eigenvalue weighted by Crippen LogP contribution is 2.30. The molecule has 0 aliphatic heterocycles. The van der Waals surface area contributed by atoms with Gasteiger partial charge in [-0.05, 0) is 12.8 Å². The van der Waals surface area contributed by atoms with E-state index in [-0.39, 0.29) is 18.2 Å². The van der Waals surface area contributed by atoms with Gasteiger partial charge in [-0.1, -0.05) is 0 Å². The van der Waals surface area contributed by atoms with Gasteiger partial charge in [0.15, 0.2) is 0 Å². The molecule has 0 aromatic rings. The molecule has 1 fully saturated rings. The van der Waals surface area contributed by atoms with Gasteiger partial charge in [0.2, 0.25) is 0 Å². The van der Waals surface area contributed by atoms with Crippen molar-refractivity contribution in [2.45, 2.75) is 37.0 Å². The van der Waals surface area contributed by atoms with Crippen LogP contribution in [0.5, 0.6) is 0 Å². The van der Waals surface area contributed by atoms with Crippen LogP contribution in [0.15, 0.2) is 0 Å². The van der Waals surface area contributed by atoms with Crippen molar-refractivity contribution in [1.29, 1.82) is 0 Å². The number of nitrogens with two attached hydrogens (primary N) is 1. The zero-order valence-electron chi connectivity index (χ0n) is 9.49. The van der Waals surface area contributed by atoms with Crippen LogP contribution in [0.3, 0.4) is 0 Å². The van der Waals surface area contributed by atoms with Crippen LogP contribution in [0.4, 0.5) is 0 Å². The van der Waals surface area contributed by atoms with Crippen molar-refractivity contribution in [3.63, 3.8) is 0 Å². The minimum absolute atomic E-state index is 0.0105. The number of hydrogen-bond acceptors (Lipinski definition) is 5. The van der Waals surface area contributed by atoms with E-state index in [1.165, 1.54) is 7.11 Å². The van der Waals surface area contributed by atoms with Crippen LogP contribution >= 0.6 is 0 Å². The third-order valence-corrected chi connectivity index (χ3v) is 3.05. The first-order valence-electron chi connectivity index (χ1n) is 5.00. The molecule has 0 bridgehead atoms. The molecule has 88 valence electrons. The van der Waals surface area contributed by atoms with Gasteiger partial charge in [0.05, 0.1) is 19.3 Å². The Hall–Kier alpha value is -0.650. The maximum absolute atomic E-state index is 11.5. The molecular weight excluding hydrogens is 198 g/mol. The standard InChI is InChI=1S/C10H19NO4/c1-13-7-4-5-10(11,9(12)15-3)6-8(7)14-2/h7-8H,4-6,11H2,1-3H3/t7-,8+,10-/m0/s1. The van der Waals surface area contributed by atoms with Crippen LogP contribution in [0.2, 0.25) is 0 Å². The summed E-state index contributed by atoms with van der Waals surface area (Å²) in [6.07, 6.45) is 1.58. The van der Waals surface area contributed by atoms with Gasteiger partial charge in [0.25, 0.3) is 0 Å². The molecule has 1 aliphatic carbocycles. The Morgan fingerprint density at radius 1 is 1.27 bits per heavy atom. The van der Waals surface area contributed by atoms with Crippen molar-refractivity contribution in [1.82, 2.24) is 0 Å². The van der Waals surface area contributed by atoms with Crippen molar-refractivity contribution >= 4 is 5.97 Å². The summed E-state index contributed by atoms with van der Waals surface area (Å²) in [5.41, 5.74) is 5.06. The number of ether oxygens (including phenoxy) is 3. The monoisotopic (exact) mass is 217 g/mol. The van der Waals surface area contributed by atoms with Gasteiger partial charge in [-0.2, -0.15) is 0 Å². The molecule has 1 rings (SSSR count). The Balaban J connectivity index is 2.70. The van der Waals surface area contributed by atoms with Crippen molar-refractivity contribution in [3.8, 4) is 0 Å². The SMILES string of the molecule is COC(=O)[C@]1(N)CC[C@H](OC)[C@H](OC)C1. The number of hydrogen-bond donors (Lipinski definition) is 1. The van der Waals surface area contributed by atoms with E-state index in [1.807, 2.05) is 0 Å². The smallest absolute Gasteiger partial charge is 0.325 e. The molecule has 3 atom stereocenters. The first-order chi connectivity index (χ1) is 7.07. The Kier molecular flexibility index (Phi) is 4.07. The van der Waals surface area contributed by atoms with E-state index >= 15 is 0 Å². The minimum atomic E-state index is -0.926. The van der Waals surface area contributed by atoms with Crippen LogP contribution < -0.4 is 5.73 Å². The normalized spacial score (nSPS) is 36.3. The molecular formula is C10H19NO4. The largest absolute Gasteiger partial charge is 0.468 e. The van der Waals surface area contributed by atoms with Crippen LogP contribution in [0.25, 0.3) is 0 Å². The van der Waals surface area contributed by atoms with Crippen molar-refractivity contribution in [2.75, 3.05) is 21.3 Å². The Morgan fingerprint density at radius 3 is 2.33 bits per heavy atom. The highest BCUT2D eigenvalue weighted by molar-refractivity contribution is 5.80. The quantitative estimate of drug-likeness (QED) is 0.677. The molecule has 5 heteroatoms. The molecule has 15 heavy (non-hydrogen) atoms. The fourth-order valence-electron chi connectivity index (χ4n) is 2.07. The molecule has 1 aliphatic rings. The lowest BCUT2D eigenvalue weighted by Crippen LogP contribution is -2.57. The predicted molar refractivity (Wildman–Crippen MR) is 54.4 cm³/mol. The Labute approximate surface area is 89.9 Å². The number of carbonyl (C=O) groups excluding carboxylic acids is 1. The number of esters is 1. The van der Waals surface area contributed by atoms with Crippen LogP contribution in [0.1, 0.15) is 19.3 Å². The maximum Gasteiger partial charge on any atom is 0.325 e. The third-order valence-electron chi connectivity index (χ3n) is 3.05. The first kappa shape index (κ1) is 12.4. The summed E-state index contributed by atoms with van der Waals surface area (Å²) in [5.74, 6) is -0.376. The van der Waals surface area contributed by atoms with E-state index in [1.54, 1.807) is 14.2 Å². The van der Waals surface area contributed by atoms with Crippen LogP contribution in [-0.2, 0) is 19.0 Å². The predicted octanol–water partition coefficient (Wildman–Crippen LogP) is 0.0708. The molecule has 0 radical (unpaired) electrons. The average molecular weight is 217 g/mol. The summed E-state index contributed by atoms with van der Waals surface area (Å²) in [6, 6.07) is 0. The number of methoxy groups -OCH3 is 3. The van der Waals surface area contributed by atoms with E-state index in [4.69, 9.17) is 19.9 Å². The highest BCUT2D eigenvalue weighted by atomic mass is 16.5. The molecule has 0 unspecified atom stereocenters. The number of rotatable bonds is 3. The van der Waals surface area contributed by atoms with Gasteiger partial charge in [0.1, 0.15) is 5.54 Å². The topological polar surface area (TPSA) is 70.8 Å². The lowest BCUT2D eigenvalue weighted by atomic mass is 9.79. The lowest BCUT2D eigenvalue weighted by molar-refractivity contribution is -0.154. The van der Waals surface area contributed by atoms with Crippen molar-refractivity contribution in [2.24, 2.45) is 5.73 Å². The molecule has 2 N–H and O–H groups in total. The van der Waals surface area contributed by atoms with Gasteiger partial charge in [0, 0.05) is 20.6 Å². The molecule has 0 aromatic carbocycles. The summed E-state index contributed by atoms with van der Waals surface area (Å²) in [4.78, 5) is 11.5. The maximum atomic E-state index is 11.5.